The smallest absolute Gasteiger partial charge is 0.234 e. The summed E-state index contributed by atoms with van der Waals surface area (Å²) in [7, 11) is 1.88. The van der Waals surface area contributed by atoms with Crippen molar-refractivity contribution in [3.8, 4) is 0 Å². The first-order chi connectivity index (χ1) is 11.3. The summed E-state index contributed by atoms with van der Waals surface area (Å²) in [5, 5.41) is 4.70. The Morgan fingerprint density at radius 1 is 1.08 bits per heavy atom. The van der Waals surface area contributed by atoms with E-state index in [-0.39, 0.29) is 18.5 Å². The maximum Gasteiger partial charge on any atom is 0.234 e. The third-order valence-electron chi connectivity index (χ3n) is 3.60. The van der Waals surface area contributed by atoms with Gasteiger partial charge >= 0.3 is 0 Å². The molecule has 0 fully saturated rings. The van der Waals surface area contributed by atoms with Crippen LogP contribution in [0.25, 0.3) is 0 Å². The van der Waals surface area contributed by atoms with Crippen molar-refractivity contribution in [1.29, 1.82) is 0 Å². The molecule has 0 aliphatic heterocycles. The van der Waals surface area contributed by atoms with Crippen molar-refractivity contribution < 1.29 is 4.79 Å². The Labute approximate surface area is 157 Å². The Morgan fingerprint density at radius 2 is 1.75 bits per heavy atom. The molecule has 0 bridgehead atoms. The van der Waals surface area contributed by atoms with Crippen LogP contribution in [-0.4, -0.2) is 24.4 Å². The first-order valence-electron chi connectivity index (χ1n) is 7.52. The summed E-state index contributed by atoms with van der Waals surface area (Å²) in [6.07, 6.45) is 0. The molecule has 0 heterocycles. The molecule has 0 aromatic heterocycles. The van der Waals surface area contributed by atoms with Crippen LogP contribution in [0.5, 0.6) is 0 Å². The van der Waals surface area contributed by atoms with Crippen LogP contribution >= 0.6 is 34.8 Å². The van der Waals surface area contributed by atoms with E-state index in [1.54, 1.807) is 6.07 Å². The van der Waals surface area contributed by atoms with Gasteiger partial charge in [-0.15, -0.1) is 0 Å². The Hall–Kier alpha value is -1.26. The second kappa shape index (κ2) is 8.72. The average molecular weight is 386 g/mol. The van der Waals surface area contributed by atoms with Crippen molar-refractivity contribution in [2.24, 2.45) is 0 Å². The molecule has 1 unspecified atom stereocenters. The van der Waals surface area contributed by atoms with Gasteiger partial charge in [0.15, 0.2) is 0 Å². The summed E-state index contributed by atoms with van der Waals surface area (Å²) >= 11 is 17.8. The van der Waals surface area contributed by atoms with Gasteiger partial charge in [0.25, 0.3) is 0 Å². The van der Waals surface area contributed by atoms with Gasteiger partial charge in [-0.05, 0) is 49.4 Å². The van der Waals surface area contributed by atoms with E-state index < -0.39 is 0 Å². The predicted octanol–water partition coefficient (Wildman–Crippen LogP) is 4.96. The van der Waals surface area contributed by atoms with E-state index >= 15 is 0 Å². The van der Waals surface area contributed by atoms with Crippen molar-refractivity contribution >= 4 is 40.7 Å². The lowest BCUT2D eigenvalue weighted by atomic mass is 10.1. The maximum absolute atomic E-state index is 12.2. The maximum atomic E-state index is 12.2. The van der Waals surface area contributed by atoms with Gasteiger partial charge in [0.2, 0.25) is 5.91 Å². The van der Waals surface area contributed by atoms with Gasteiger partial charge in [-0.3, -0.25) is 9.69 Å². The average Bonchev–Trinajstić information content (AvgIpc) is 2.51. The van der Waals surface area contributed by atoms with Crippen molar-refractivity contribution in [3.63, 3.8) is 0 Å². The summed E-state index contributed by atoms with van der Waals surface area (Å²) in [6, 6.07) is 12.8. The third-order valence-corrected chi connectivity index (χ3v) is 4.59. The summed E-state index contributed by atoms with van der Waals surface area (Å²) < 4.78 is 0. The van der Waals surface area contributed by atoms with Crippen LogP contribution in [0.1, 0.15) is 24.1 Å². The van der Waals surface area contributed by atoms with E-state index in [2.05, 4.69) is 5.32 Å². The minimum atomic E-state index is -0.0758. The monoisotopic (exact) mass is 384 g/mol. The number of amides is 1. The van der Waals surface area contributed by atoms with Crippen LogP contribution in [0.4, 0.5) is 0 Å². The first kappa shape index (κ1) is 19.1. The zero-order valence-electron chi connectivity index (χ0n) is 13.5. The van der Waals surface area contributed by atoms with E-state index in [4.69, 9.17) is 34.8 Å². The Balaban J connectivity index is 1.86. The highest BCUT2D eigenvalue weighted by Crippen LogP contribution is 2.23. The fourth-order valence-corrected chi connectivity index (χ4v) is 2.82. The topological polar surface area (TPSA) is 32.3 Å². The van der Waals surface area contributed by atoms with E-state index in [1.165, 1.54) is 0 Å². The first-order valence-corrected chi connectivity index (χ1v) is 8.66. The lowest BCUT2D eigenvalue weighted by Crippen LogP contribution is -2.36. The van der Waals surface area contributed by atoms with E-state index in [0.29, 0.717) is 21.6 Å². The van der Waals surface area contributed by atoms with Crippen LogP contribution < -0.4 is 5.32 Å². The number of halogens is 3. The van der Waals surface area contributed by atoms with E-state index in [1.807, 2.05) is 55.3 Å². The van der Waals surface area contributed by atoms with Gasteiger partial charge < -0.3 is 5.32 Å². The number of carbonyl (C=O) groups excluding carboxylic acids is 1. The molecule has 2 aromatic carbocycles. The summed E-state index contributed by atoms with van der Waals surface area (Å²) in [5.41, 5.74) is 2.02. The predicted molar refractivity (Wildman–Crippen MR) is 101 cm³/mol. The summed E-state index contributed by atoms with van der Waals surface area (Å²) in [5.74, 6) is -0.0417. The zero-order valence-corrected chi connectivity index (χ0v) is 15.8. The van der Waals surface area contributed by atoms with Crippen LogP contribution in [-0.2, 0) is 11.3 Å². The van der Waals surface area contributed by atoms with Crippen LogP contribution in [0.15, 0.2) is 42.5 Å². The van der Waals surface area contributed by atoms with Crippen LogP contribution in [0, 0.1) is 0 Å². The molecular weight excluding hydrogens is 367 g/mol. The standard InChI is InChI=1S/C18H19Cl3N2O/c1-12(14-4-6-15(19)7-5-14)22-18(24)11-23(2)10-13-3-8-16(20)17(21)9-13/h3-9,12H,10-11H2,1-2H3,(H,22,24). The molecule has 0 saturated heterocycles. The van der Waals surface area contributed by atoms with Gasteiger partial charge in [-0.2, -0.15) is 0 Å². The molecular formula is C18H19Cl3N2O. The van der Waals surface area contributed by atoms with Crippen molar-refractivity contribution in [2.75, 3.05) is 13.6 Å². The fraction of sp³-hybridized carbons (Fsp3) is 0.278. The highest BCUT2D eigenvalue weighted by atomic mass is 35.5. The molecule has 24 heavy (non-hydrogen) atoms. The molecule has 1 N–H and O–H groups in total. The van der Waals surface area contributed by atoms with Gasteiger partial charge in [0.05, 0.1) is 22.6 Å². The number of rotatable bonds is 6. The minimum absolute atomic E-state index is 0.0417. The highest BCUT2D eigenvalue weighted by Gasteiger charge is 2.12. The third kappa shape index (κ3) is 5.67. The molecule has 0 spiro atoms. The molecule has 0 radical (unpaired) electrons. The second-order valence-corrected chi connectivity index (χ2v) is 7.01. The van der Waals surface area contributed by atoms with Crippen LogP contribution in [0.3, 0.4) is 0 Å². The number of nitrogens with one attached hydrogen (secondary N) is 1. The largest absolute Gasteiger partial charge is 0.348 e. The summed E-state index contributed by atoms with van der Waals surface area (Å²) in [6.45, 7) is 2.85. The van der Waals surface area contributed by atoms with Gasteiger partial charge in [0.1, 0.15) is 0 Å². The van der Waals surface area contributed by atoms with Crippen LogP contribution in [0.2, 0.25) is 15.1 Å². The highest BCUT2D eigenvalue weighted by molar-refractivity contribution is 6.42. The molecule has 0 aliphatic rings. The molecule has 0 saturated carbocycles. The quantitative estimate of drug-likeness (QED) is 0.762. The SMILES string of the molecule is CC(NC(=O)CN(C)Cc1ccc(Cl)c(Cl)c1)c1ccc(Cl)cc1. The summed E-state index contributed by atoms with van der Waals surface area (Å²) in [4.78, 5) is 14.1. The minimum Gasteiger partial charge on any atom is -0.348 e. The van der Waals surface area contributed by atoms with Crippen molar-refractivity contribution in [2.45, 2.75) is 19.5 Å². The molecule has 6 heteroatoms. The lowest BCUT2D eigenvalue weighted by Gasteiger charge is -2.19. The molecule has 0 aliphatic carbocycles. The molecule has 1 amide bonds. The Kier molecular flexibility index (Phi) is 6.93. The number of likely N-dealkylation sites (N-methyl/N-ethyl adjacent to an activating group) is 1. The molecule has 1 atom stereocenters. The molecule has 2 aromatic rings. The van der Waals surface area contributed by atoms with Gasteiger partial charge in [-0.25, -0.2) is 0 Å². The number of benzene rings is 2. The molecule has 2 rings (SSSR count). The number of hydrogen-bond donors (Lipinski definition) is 1. The van der Waals surface area contributed by atoms with Gasteiger partial charge in [-0.1, -0.05) is 53.0 Å². The van der Waals surface area contributed by atoms with Crippen molar-refractivity contribution in [3.05, 3.63) is 68.7 Å². The fourth-order valence-electron chi connectivity index (χ4n) is 2.37. The van der Waals surface area contributed by atoms with E-state index in [9.17, 15) is 4.79 Å². The molecule has 128 valence electrons. The number of nitrogens with zero attached hydrogens (tertiary/aromatic N) is 1. The Morgan fingerprint density at radius 3 is 2.38 bits per heavy atom. The number of carbonyl (C=O) groups is 1. The molecule has 3 nitrogen and oxygen atoms in total. The van der Waals surface area contributed by atoms with E-state index in [0.717, 1.165) is 11.1 Å². The second-order valence-electron chi connectivity index (χ2n) is 5.76. The van der Waals surface area contributed by atoms with Crippen molar-refractivity contribution in [1.82, 2.24) is 10.2 Å². The van der Waals surface area contributed by atoms with Gasteiger partial charge in [0, 0.05) is 11.6 Å². The Bertz CT molecular complexity index is 704. The lowest BCUT2D eigenvalue weighted by molar-refractivity contribution is -0.122. The normalized spacial score (nSPS) is 12.2. The number of hydrogen-bond acceptors (Lipinski definition) is 2. The zero-order chi connectivity index (χ0) is 17.7.